The Balaban J connectivity index is 1.47. The molecule has 0 aliphatic carbocycles. The highest BCUT2D eigenvalue weighted by molar-refractivity contribution is 5.99. The van der Waals surface area contributed by atoms with Crippen LogP contribution in [0.25, 0.3) is 0 Å². The molecule has 2 aromatic carbocycles. The Morgan fingerprint density at radius 2 is 1.87 bits per heavy atom. The van der Waals surface area contributed by atoms with Gasteiger partial charge < -0.3 is 14.8 Å². The molecule has 5 nitrogen and oxygen atoms in total. The molecule has 1 aliphatic rings. The van der Waals surface area contributed by atoms with E-state index >= 15 is 0 Å². The summed E-state index contributed by atoms with van der Waals surface area (Å²) in [5.41, 5.74) is 1.51. The largest absolute Gasteiger partial charge is 0.487 e. The number of hydrogen-bond acceptors (Lipinski definition) is 4. The number of benzene rings is 2. The zero-order valence-electron chi connectivity index (χ0n) is 12.5. The maximum absolute atomic E-state index is 12.0. The van der Waals surface area contributed by atoms with Crippen molar-refractivity contribution in [3.8, 4) is 5.75 Å². The first-order valence-electron chi connectivity index (χ1n) is 7.46. The van der Waals surface area contributed by atoms with Crippen molar-refractivity contribution in [2.75, 3.05) is 6.54 Å². The molecular weight excluding hydrogens is 294 g/mol. The van der Waals surface area contributed by atoms with Gasteiger partial charge in [0.05, 0.1) is 12.1 Å². The normalized spacial score (nSPS) is 16.2. The Morgan fingerprint density at radius 1 is 1.13 bits per heavy atom. The number of hydrogen-bond donors (Lipinski definition) is 1. The first kappa shape index (κ1) is 15.1. The molecule has 2 aromatic rings. The van der Waals surface area contributed by atoms with Crippen LogP contribution in [0.2, 0.25) is 0 Å². The lowest BCUT2D eigenvalue weighted by molar-refractivity contribution is 0.0836. The van der Waals surface area contributed by atoms with Gasteiger partial charge in [0.1, 0.15) is 18.5 Å². The zero-order valence-corrected chi connectivity index (χ0v) is 12.5. The van der Waals surface area contributed by atoms with Crippen LogP contribution in [0.1, 0.15) is 22.3 Å². The second kappa shape index (κ2) is 6.96. The van der Waals surface area contributed by atoms with Crippen LogP contribution < -0.4 is 10.1 Å². The molecule has 1 unspecified atom stereocenters. The average Bonchev–Trinajstić information content (AvgIpc) is 2.59. The van der Waals surface area contributed by atoms with E-state index in [1.807, 2.05) is 36.4 Å². The molecule has 1 amide bonds. The monoisotopic (exact) mass is 311 g/mol. The minimum atomic E-state index is -0.524. The fourth-order valence-corrected chi connectivity index (χ4v) is 2.42. The lowest BCUT2D eigenvalue weighted by atomic mass is 10.0. The van der Waals surface area contributed by atoms with E-state index in [-0.39, 0.29) is 31.5 Å². The molecule has 3 rings (SSSR count). The number of nitrogens with one attached hydrogen (secondary N) is 1. The molecule has 118 valence electrons. The van der Waals surface area contributed by atoms with Crippen LogP contribution in [0.5, 0.6) is 5.75 Å². The lowest BCUT2D eigenvalue weighted by Gasteiger charge is -2.25. The average molecular weight is 311 g/mol. The van der Waals surface area contributed by atoms with Crippen LogP contribution in [0, 0.1) is 0 Å². The first-order valence-corrected chi connectivity index (χ1v) is 7.46. The van der Waals surface area contributed by atoms with E-state index in [0.29, 0.717) is 11.3 Å². The van der Waals surface area contributed by atoms with Crippen LogP contribution in [0.4, 0.5) is 4.79 Å². The van der Waals surface area contributed by atoms with Crippen LogP contribution in [0.15, 0.2) is 54.6 Å². The van der Waals surface area contributed by atoms with Crippen molar-refractivity contribution in [2.24, 2.45) is 0 Å². The summed E-state index contributed by atoms with van der Waals surface area (Å²) in [5.74, 6) is 0.588. The Labute approximate surface area is 134 Å². The maximum Gasteiger partial charge on any atom is 0.407 e. The Hall–Kier alpha value is -2.82. The zero-order chi connectivity index (χ0) is 16.1. The van der Waals surface area contributed by atoms with Crippen LogP contribution in [0.3, 0.4) is 0 Å². The standard InChI is InChI=1S/C18H17NO4/c20-16-10-14(23-17-9-5-4-8-15(16)17)11-19-18(21)22-12-13-6-2-1-3-7-13/h1-9,14H,10-12H2,(H,19,21). The van der Waals surface area contributed by atoms with Crippen molar-refractivity contribution >= 4 is 11.9 Å². The molecule has 0 saturated carbocycles. The number of para-hydroxylation sites is 1. The van der Waals surface area contributed by atoms with Gasteiger partial charge in [-0.15, -0.1) is 0 Å². The molecule has 5 heteroatoms. The molecule has 23 heavy (non-hydrogen) atoms. The van der Waals surface area contributed by atoms with Gasteiger partial charge in [-0.1, -0.05) is 42.5 Å². The maximum atomic E-state index is 12.0. The number of ether oxygens (including phenoxy) is 2. The van der Waals surface area contributed by atoms with Gasteiger partial charge in [0.15, 0.2) is 5.78 Å². The quantitative estimate of drug-likeness (QED) is 0.943. The van der Waals surface area contributed by atoms with Crippen molar-refractivity contribution in [1.29, 1.82) is 0 Å². The van der Waals surface area contributed by atoms with Crippen molar-refractivity contribution in [3.05, 3.63) is 65.7 Å². The minimum Gasteiger partial charge on any atom is -0.487 e. The molecular formula is C18H17NO4. The Bertz CT molecular complexity index is 699. The van der Waals surface area contributed by atoms with Crippen molar-refractivity contribution < 1.29 is 19.1 Å². The molecule has 1 aliphatic heterocycles. The molecule has 0 aromatic heterocycles. The van der Waals surface area contributed by atoms with Crippen LogP contribution >= 0.6 is 0 Å². The topological polar surface area (TPSA) is 64.6 Å². The summed E-state index contributed by atoms with van der Waals surface area (Å²) in [7, 11) is 0. The van der Waals surface area contributed by atoms with E-state index in [4.69, 9.17) is 9.47 Å². The summed E-state index contributed by atoms with van der Waals surface area (Å²) in [5, 5.41) is 2.64. The minimum absolute atomic E-state index is 0.0244. The Morgan fingerprint density at radius 3 is 2.70 bits per heavy atom. The van der Waals surface area contributed by atoms with E-state index in [1.165, 1.54) is 0 Å². The van der Waals surface area contributed by atoms with Crippen LogP contribution in [-0.4, -0.2) is 24.5 Å². The number of ketones is 1. The van der Waals surface area contributed by atoms with Gasteiger partial charge in [-0.05, 0) is 17.7 Å². The molecule has 1 heterocycles. The highest BCUT2D eigenvalue weighted by Crippen LogP contribution is 2.26. The van der Waals surface area contributed by atoms with Gasteiger partial charge in [-0.25, -0.2) is 4.79 Å². The van der Waals surface area contributed by atoms with E-state index in [1.54, 1.807) is 18.2 Å². The fourth-order valence-electron chi connectivity index (χ4n) is 2.42. The van der Waals surface area contributed by atoms with E-state index in [9.17, 15) is 9.59 Å². The molecule has 0 saturated heterocycles. The third-order valence-electron chi connectivity index (χ3n) is 3.58. The van der Waals surface area contributed by atoms with Gasteiger partial charge in [0.2, 0.25) is 0 Å². The molecule has 0 spiro atoms. The SMILES string of the molecule is O=C(NCC1CC(=O)c2ccccc2O1)OCc1ccccc1. The summed E-state index contributed by atoms with van der Waals surface area (Å²) in [6.07, 6.45) is -0.652. The number of rotatable bonds is 4. The fraction of sp³-hybridized carbons (Fsp3) is 0.222. The molecule has 1 N–H and O–H groups in total. The number of carbonyl (C=O) groups is 2. The van der Waals surface area contributed by atoms with Crippen molar-refractivity contribution in [2.45, 2.75) is 19.1 Å². The lowest BCUT2D eigenvalue weighted by Crippen LogP contribution is -2.39. The summed E-state index contributed by atoms with van der Waals surface area (Å²) in [4.78, 5) is 23.7. The summed E-state index contributed by atoms with van der Waals surface area (Å²) in [6, 6.07) is 16.6. The summed E-state index contributed by atoms with van der Waals surface area (Å²) >= 11 is 0. The highest BCUT2D eigenvalue weighted by Gasteiger charge is 2.26. The van der Waals surface area contributed by atoms with Crippen molar-refractivity contribution in [3.63, 3.8) is 0 Å². The van der Waals surface area contributed by atoms with E-state index in [0.717, 1.165) is 5.56 Å². The highest BCUT2D eigenvalue weighted by atomic mass is 16.5. The van der Waals surface area contributed by atoms with Gasteiger partial charge in [-0.3, -0.25) is 4.79 Å². The number of fused-ring (bicyclic) bond motifs is 1. The van der Waals surface area contributed by atoms with Gasteiger partial charge in [0.25, 0.3) is 0 Å². The number of amides is 1. The van der Waals surface area contributed by atoms with Crippen molar-refractivity contribution in [1.82, 2.24) is 5.32 Å². The van der Waals surface area contributed by atoms with E-state index in [2.05, 4.69) is 5.32 Å². The molecule has 0 fully saturated rings. The van der Waals surface area contributed by atoms with Gasteiger partial charge in [0, 0.05) is 6.42 Å². The number of alkyl carbamates (subject to hydrolysis) is 1. The second-order valence-electron chi connectivity index (χ2n) is 5.31. The molecule has 0 radical (unpaired) electrons. The third-order valence-corrected chi connectivity index (χ3v) is 3.58. The predicted octanol–water partition coefficient (Wildman–Crippen LogP) is 2.95. The predicted molar refractivity (Wildman–Crippen MR) is 84.4 cm³/mol. The van der Waals surface area contributed by atoms with Gasteiger partial charge >= 0.3 is 6.09 Å². The van der Waals surface area contributed by atoms with Gasteiger partial charge in [-0.2, -0.15) is 0 Å². The Kier molecular flexibility index (Phi) is 4.57. The smallest absolute Gasteiger partial charge is 0.407 e. The number of Topliss-reactive ketones (excluding diaryl/α,β-unsaturated/α-hetero) is 1. The molecule has 0 bridgehead atoms. The summed E-state index contributed by atoms with van der Waals surface area (Å²) in [6.45, 7) is 0.438. The van der Waals surface area contributed by atoms with E-state index < -0.39 is 6.09 Å². The van der Waals surface area contributed by atoms with Crippen LogP contribution in [-0.2, 0) is 11.3 Å². The summed E-state index contributed by atoms with van der Waals surface area (Å²) < 4.78 is 10.8. The third kappa shape index (κ3) is 3.88. The number of carbonyl (C=O) groups excluding carboxylic acids is 2. The second-order valence-corrected chi connectivity index (χ2v) is 5.31. The first-order chi connectivity index (χ1) is 11.2. The molecule has 1 atom stereocenters.